The van der Waals surface area contributed by atoms with Crippen molar-refractivity contribution in [2.75, 3.05) is 33.9 Å². The second-order valence-corrected chi connectivity index (χ2v) is 4.72. The van der Waals surface area contributed by atoms with E-state index in [4.69, 9.17) is 9.47 Å². The fourth-order valence-corrected chi connectivity index (χ4v) is 2.42. The SMILES string of the molecule is COCC1CCN(C(=O)c2cccc(OC)c2O)C1. The van der Waals surface area contributed by atoms with Crippen LogP contribution in [0.1, 0.15) is 16.8 Å². The number of likely N-dealkylation sites (tertiary alicyclic amines) is 1. The third-order valence-electron chi connectivity index (χ3n) is 3.42. The van der Waals surface area contributed by atoms with Crippen molar-refractivity contribution in [3.8, 4) is 11.5 Å². The third kappa shape index (κ3) is 2.81. The number of amides is 1. The Balaban J connectivity index is 2.12. The molecule has 1 N–H and O–H groups in total. The first-order valence-electron chi connectivity index (χ1n) is 6.31. The predicted octanol–water partition coefficient (Wildman–Crippen LogP) is 1.51. The lowest BCUT2D eigenvalue weighted by atomic mass is 10.1. The molecule has 5 heteroatoms. The molecule has 1 aliphatic heterocycles. The van der Waals surface area contributed by atoms with Crippen LogP contribution in [-0.2, 0) is 4.74 Å². The maximum atomic E-state index is 12.4. The van der Waals surface area contributed by atoms with E-state index < -0.39 is 0 Å². The molecule has 1 heterocycles. The summed E-state index contributed by atoms with van der Waals surface area (Å²) in [5, 5.41) is 9.99. The van der Waals surface area contributed by atoms with Crippen LogP contribution in [0.15, 0.2) is 18.2 Å². The number of hydrogen-bond donors (Lipinski definition) is 1. The molecule has 1 aromatic rings. The summed E-state index contributed by atoms with van der Waals surface area (Å²) in [6, 6.07) is 4.95. The smallest absolute Gasteiger partial charge is 0.257 e. The summed E-state index contributed by atoms with van der Waals surface area (Å²) in [7, 11) is 3.13. The van der Waals surface area contributed by atoms with Gasteiger partial charge in [-0.05, 0) is 18.6 Å². The molecule has 5 nitrogen and oxygen atoms in total. The van der Waals surface area contributed by atoms with Crippen LogP contribution in [0.4, 0.5) is 0 Å². The molecule has 0 saturated carbocycles. The normalized spacial score (nSPS) is 18.6. The van der Waals surface area contributed by atoms with Crippen molar-refractivity contribution >= 4 is 5.91 Å². The van der Waals surface area contributed by atoms with Gasteiger partial charge < -0.3 is 19.5 Å². The Morgan fingerprint density at radius 1 is 1.47 bits per heavy atom. The molecule has 0 radical (unpaired) electrons. The molecule has 2 rings (SSSR count). The first kappa shape index (κ1) is 13.7. The number of carbonyl (C=O) groups is 1. The predicted molar refractivity (Wildman–Crippen MR) is 70.5 cm³/mol. The van der Waals surface area contributed by atoms with Crippen LogP contribution in [0, 0.1) is 5.92 Å². The monoisotopic (exact) mass is 265 g/mol. The van der Waals surface area contributed by atoms with Crippen molar-refractivity contribution in [2.24, 2.45) is 5.92 Å². The minimum atomic E-state index is -0.157. The van der Waals surface area contributed by atoms with E-state index in [1.54, 1.807) is 30.2 Å². The van der Waals surface area contributed by atoms with Gasteiger partial charge in [0.1, 0.15) is 0 Å². The van der Waals surface area contributed by atoms with Crippen molar-refractivity contribution < 1.29 is 19.4 Å². The number of phenols is 1. The van der Waals surface area contributed by atoms with Crippen LogP contribution in [0.25, 0.3) is 0 Å². The number of methoxy groups -OCH3 is 2. The number of rotatable bonds is 4. The Bertz CT molecular complexity index is 461. The summed E-state index contributed by atoms with van der Waals surface area (Å²) in [5.74, 6) is 0.445. The number of ether oxygens (including phenoxy) is 2. The quantitative estimate of drug-likeness (QED) is 0.896. The maximum absolute atomic E-state index is 12.4. The van der Waals surface area contributed by atoms with Gasteiger partial charge in [-0.1, -0.05) is 6.07 Å². The van der Waals surface area contributed by atoms with Crippen LogP contribution in [0.3, 0.4) is 0 Å². The topological polar surface area (TPSA) is 59.0 Å². The van der Waals surface area contributed by atoms with Crippen LogP contribution in [0.5, 0.6) is 11.5 Å². The van der Waals surface area contributed by atoms with E-state index in [0.29, 0.717) is 31.4 Å². The summed E-state index contributed by atoms with van der Waals surface area (Å²) in [6.07, 6.45) is 0.935. The van der Waals surface area contributed by atoms with Gasteiger partial charge in [-0.15, -0.1) is 0 Å². The first-order chi connectivity index (χ1) is 9.17. The van der Waals surface area contributed by atoms with Crippen molar-refractivity contribution in [3.05, 3.63) is 23.8 Å². The highest BCUT2D eigenvalue weighted by atomic mass is 16.5. The molecule has 1 saturated heterocycles. The van der Waals surface area contributed by atoms with Gasteiger partial charge in [-0.25, -0.2) is 0 Å². The van der Waals surface area contributed by atoms with Gasteiger partial charge in [0.05, 0.1) is 19.3 Å². The van der Waals surface area contributed by atoms with Gasteiger partial charge >= 0.3 is 0 Å². The molecule has 1 atom stereocenters. The summed E-state index contributed by atoms with van der Waals surface area (Å²) >= 11 is 0. The Morgan fingerprint density at radius 2 is 2.26 bits per heavy atom. The Kier molecular flexibility index (Phi) is 4.27. The van der Waals surface area contributed by atoms with Crippen molar-refractivity contribution in [3.63, 3.8) is 0 Å². The lowest BCUT2D eigenvalue weighted by molar-refractivity contribution is 0.0772. The highest BCUT2D eigenvalue weighted by Crippen LogP contribution is 2.31. The molecule has 0 aromatic heterocycles. The second kappa shape index (κ2) is 5.93. The van der Waals surface area contributed by atoms with Crippen molar-refractivity contribution in [2.45, 2.75) is 6.42 Å². The Labute approximate surface area is 112 Å². The zero-order valence-electron chi connectivity index (χ0n) is 11.3. The molecule has 0 aliphatic carbocycles. The van der Waals surface area contributed by atoms with Crippen LogP contribution < -0.4 is 4.74 Å². The van der Waals surface area contributed by atoms with Gasteiger partial charge in [0.15, 0.2) is 11.5 Å². The first-order valence-corrected chi connectivity index (χ1v) is 6.31. The molecule has 104 valence electrons. The van der Waals surface area contributed by atoms with Gasteiger partial charge in [-0.3, -0.25) is 4.79 Å². The van der Waals surface area contributed by atoms with Gasteiger partial charge in [-0.2, -0.15) is 0 Å². The molecule has 0 bridgehead atoms. The average molecular weight is 265 g/mol. The molecule has 0 spiro atoms. The maximum Gasteiger partial charge on any atom is 0.257 e. The van der Waals surface area contributed by atoms with Crippen LogP contribution in [-0.4, -0.2) is 49.8 Å². The van der Waals surface area contributed by atoms with E-state index in [1.165, 1.54) is 7.11 Å². The van der Waals surface area contributed by atoms with E-state index >= 15 is 0 Å². The van der Waals surface area contributed by atoms with Crippen molar-refractivity contribution in [1.82, 2.24) is 4.90 Å². The van der Waals surface area contributed by atoms with Crippen molar-refractivity contribution in [1.29, 1.82) is 0 Å². The number of aromatic hydroxyl groups is 1. The molecular weight excluding hydrogens is 246 g/mol. The molecule has 1 aromatic carbocycles. The van der Waals surface area contributed by atoms with E-state index in [1.807, 2.05) is 0 Å². The molecule has 1 fully saturated rings. The minimum Gasteiger partial charge on any atom is -0.504 e. The number of carbonyl (C=O) groups excluding carboxylic acids is 1. The highest BCUT2D eigenvalue weighted by Gasteiger charge is 2.28. The third-order valence-corrected chi connectivity index (χ3v) is 3.42. The fourth-order valence-electron chi connectivity index (χ4n) is 2.42. The van der Waals surface area contributed by atoms with Crippen LogP contribution >= 0.6 is 0 Å². The minimum absolute atomic E-state index is 0.0924. The Morgan fingerprint density at radius 3 is 2.95 bits per heavy atom. The fraction of sp³-hybridized carbons (Fsp3) is 0.500. The molecular formula is C14H19NO4. The Hall–Kier alpha value is -1.75. The summed E-state index contributed by atoms with van der Waals surface area (Å²) in [5.41, 5.74) is 0.289. The van der Waals surface area contributed by atoms with Gasteiger partial charge in [0.25, 0.3) is 5.91 Å². The number of benzene rings is 1. The number of phenolic OH excluding ortho intramolecular Hbond substituents is 1. The largest absolute Gasteiger partial charge is 0.504 e. The molecule has 1 aliphatic rings. The average Bonchev–Trinajstić information content (AvgIpc) is 2.87. The van der Waals surface area contributed by atoms with Crippen LogP contribution in [0.2, 0.25) is 0 Å². The lowest BCUT2D eigenvalue weighted by Crippen LogP contribution is -2.29. The molecule has 1 amide bonds. The lowest BCUT2D eigenvalue weighted by Gasteiger charge is -2.17. The summed E-state index contributed by atoms with van der Waals surface area (Å²) < 4.78 is 10.1. The van der Waals surface area contributed by atoms with E-state index in [2.05, 4.69) is 0 Å². The number of para-hydroxylation sites is 1. The van der Waals surface area contributed by atoms with E-state index in [0.717, 1.165) is 6.42 Å². The zero-order chi connectivity index (χ0) is 13.8. The van der Waals surface area contributed by atoms with E-state index in [9.17, 15) is 9.90 Å². The standard InChI is InChI=1S/C14H19NO4/c1-18-9-10-6-7-15(8-10)14(17)11-4-3-5-12(19-2)13(11)16/h3-5,10,16H,6-9H2,1-2H3. The number of nitrogens with zero attached hydrogens (tertiary/aromatic N) is 1. The van der Waals surface area contributed by atoms with Gasteiger partial charge in [0.2, 0.25) is 0 Å². The second-order valence-electron chi connectivity index (χ2n) is 4.72. The number of hydrogen-bond acceptors (Lipinski definition) is 4. The summed E-state index contributed by atoms with van der Waals surface area (Å²) in [4.78, 5) is 14.1. The van der Waals surface area contributed by atoms with E-state index in [-0.39, 0.29) is 17.2 Å². The highest BCUT2D eigenvalue weighted by molar-refractivity contribution is 5.97. The zero-order valence-corrected chi connectivity index (χ0v) is 11.3. The molecule has 1 unspecified atom stereocenters. The molecule has 19 heavy (non-hydrogen) atoms. The van der Waals surface area contributed by atoms with Gasteiger partial charge in [0, 0.05) is 26.1 Å². The summed E-state index contributed by atoms with van der Waals surface area (Å²) in [6.45, 7) is 2.03.